The molecule has 2 saturated heterocycles. The quantitative estimate of drug-likeness (QED) is 0.868. The van der Waals surface area contributed by atoms with Crippen LogP contribution in [0.2, 0.25) is 0 Å². The maximum Gasteiger partial charge on any atom is 0.0363 e. The molecule has 2 N–H and O–H groups in total. The molecule has 3 unspecified atom stereocenters. The van der Waals surface area contributed by atoms with Gasteiger partial charge in [0.2, 0.25) is 0 Å². The molecule has 3 aliphatic rings. The van der Waals surface area contributed by atoms with Crippen molar-refractivity contribution in [2.45, 2.75) is 70.9 Å². The van der Waals surface area contributed by atoms with Crippen molar-refractivity contribution in [1.82, 2.24) is 9.80 Å². The van der Waals surface area contributed by atoms with Crippen LogP contribution in [0.5, 0.6) is 0 Å². The highest BCUT2D eigenvalue weighted by atomic mass is 15.3. The summed E-state index contributed by atoms with van der Waals surface area (Å²) in [6, 6.07) is 0.796. The van der Waals surface area contributed by atoms with Crippen molar-refractivity contribution in [2.24, 2.45) is 17.1 Å². The van der Waals surface area contributed by atoms with E-state index in [1.807, 2.05) is 0 Å². The van der Waals surface area contributed by atoms with E-state index in [0.29, 0.717) is 5.41 Å². The van der Waals surface area contributed by atoms with Gasteiger partial charge in [-0.05, 0) is 56.5 Å². The molecule has 0 spiro atoms. The second-order valence-corrected chi connectivity index (χ2v) is 8.74. The van der Waals surface area contributed by atoms with Crippen LogP contribution in [0.1, 0.15) is 59.3 Å². The molecule has 3 atom stereocenters. The number of hydrogen-bond donors (Lipinski definition) is 1. The highest BCUT2D eigenvalue weighted by molar-refractivity contribution is 5.08. The zero-order chi connectivity index (χ0) is 15.1. The number of likely N-dealkylation sites (tertiary alicyclic amines) is 2. The lowest BCUT2D eigenvalue weighted by Gasteiger charge is -2.43. The monoisotopic (exact) mass is 293 g/mol. The van der Waals surface area contributed by atoms with E-state index >= 15 is 0 Å². The minimum Gasteiger partial charge on any atom is -0.329 e. The fraction of sp³-hybridized carbons (Fsp3) is 1.00. The molecule has 2 aliphatic heterocycles. The standard InChI is InChI=1S/C18H35N3/c1-15-11-17(2,3)13-18(15,14-19)21-10-7-16(12-21)20-8-5-4-6-9-20/h15-16H,4-14,19H2,1-3H3. The van der Waals surface area contributed by atoms with E-state index in [-0.39, 0.29) is 5.54 Å². The number of nitrogens with two attached hydrogens (primary N) is 1. The van der Waals surface area contributed by atoms with Crippen molar-refractivity contribution in [1.29, 1.82) is 0 Å². The predicted octanol–water partition coefficient (Wildman–Crippen LogP) is 2.70. The van der Waals surface area contributed by atoms with Gasteiger partial charge in [-0.1, -0.05) is 27.2 Å². The fourth-order valence-corrected chi connectivity index (χ4v) is 5.65. The lowest BCUT2D eigenvalue weighted by atomic mass is 9.85. The molecular formula is C18H35N3. The first-order chi connectivity index (χ1) is 9.97. The van der Waals surface area contributed by atoms with Gasteiger partial charge in [-0.25, -0.2) is 0 Å². The molecular weight excluding hydrogens is 258 g/mol. The molecule has 0 aromatic heterocycles. The van der Waals surface area contributed by atoms with Gasteiger partial charge < -0.3 is 5.73 Å². The van der Waals surface area contributed by atoms with Gasteiger partial charge in [0.15, 0.2) is 0 Å². The van der Waals surface area contributed by atoms with E-state index in [9.17, 15) is 0 Å². The zero-order valence-corrected chi connectivity index (χ0v) is 14.4. The number of piperidine rings is 1. The van der Waals surface area contributed by atoms with Crippen molar-refractivity contribution in [3.8, 4) is 0 Å². The Hall–Kier alpha value is -0.120. The highest BCUT2D eigenvalue weighted by Crippen LogP contribution is 2.50. The lowest BCUT2D eigenvalue weighted by Crippen LogP contribution is -2.56. The topological polar surface area (TPSA) is 32.5 Å². The summed E-state index contributed by atoms with van der Waals surface area (Å²) >= 11 is 0. The average Bonchev–Trinajstić information content (AvgIpc) is 3.03. The molecule has 0 aromatic rings. The van der Waals surface area contributed by atoms with Crippen molar-refractivity contribution in [3.05, 3.63) is 0 Å². The Kier molecular flexibility index (Phi) is 4.37. The molecule has 0 bridgehead atoms. The molecule has 3 fully saturated rings. The normalized spacial score (nSPS) is 41.7. The number of hydrogen-bond acceptors (Lipinski definition) is 3. The summed E-state index contributed by atoms with van der Waals surface area (Å²) in [5.74, 6) is 0.734. The number of nitrogens with zero attached hydrogens (tertiary/aromatic N) is 2. The van der Waals surface area contributed by atoms with E-state index in [1.54, 1.807) is 0 Å². The van der Waals surface area contributed by atoms with E-state index < -0.39 is 0 Å². The van der Waals surface area contributed by atoms with Gasteiger partial charge in [-0.2, -0.15) is 0 Å². The third-order valence-corrected chi connectivity index (χ3v) is 6.61. The Morgan fingerprint density at radius 1 is 1.10 bits per heavy atom. The largest absolute Gasteiger partial charge is 0.329 e. The average molecular weight is 293 g/mol. The molecule has 2 heterocycles. The first-order valence-electron chi connectivity index (χ1n) is 9.16. The zero-order valence-electron chi connectivity index (χ0n) is 14.4. The Labute approximate surface area is 131 Å². The predicted molar refractivity (Wildman–Crippen MR) is 89.4 cm³/mol. The van der Waals surface area contributed by atoms with Gasteiger partial charge in [0.1, 0.15) is 0 Å². The molecule has 3 nitrogen and oxygen atoms in total. The van der Waals surface area contributed by atoms with Crippen LogP contribution in [0.25, 0.3) is 0 Å². The number of rotatable bonds is 3. The van der Waals surface area contributed by atoms with E-state index in [1.165, 1.54) is 64.7 Å². The summed E-state index contributed by atoms with van der Waals surface area (Å²) in [7, 11) is 0. The summed E-state index contributed by atoms with van der Waals surface area (Å²) in [5.41, 5.74) is 7.06. The van der Waals surface area contributed by atoms with Crippen LogP contribution in [-0.4, -0.2) is 54.1 Å². The summed E-state index contributed by atoms with van der Waals surface area (Å²) in [4.78, 5) is 5.55. The molecule has 0 radical (unpaired) electrons. The Morgan fingerprint density at radius 3 is 2.38 bits per heavy atom. The van der Waals surface area contributed by atoms with Crippen molar-refractivity contribution >= 4 is 0 Å². The smallest absolute Gasteiger partial charge is 0.0363 e. The van der Waals surface area contributed by atoms with Gasteiger partial charge in [0, 0.05) is 31.2 Å². The summed E-state index contributed by atoms with van der Waals surface area (Å²) < 4.78 is 0. The van der Waals surface area contributed by atoms with Crippen LogP contribution in [0.15, 0.2) is 0 Å². The van der Waals surface area contributed by atoms with Crippen molar-refractivity contribution in [2.75, 3.05) is 32.7 Å². The minimum absolute atomic E-state index is 0.272. The van der Waals surface area contributed by atoms with Crippen molar-refractivity contribution in [3.63, 3.8) is 0 Å². The maximum atomic E-state index is 6.33. The third kappa shape index (κ3) is 2.89. The molecule has 0 amide bonds. The van der Waals surface area contributed by atoms with Crippen LogP contribution in [0, 0.1) is 11.3 Å². The van der Waals surface area contributed by atoms with Crippen LogP contribution in [-0.2, 0) is 0 Å². The van der Waals surface area contributed by atoms with Crippen molar-refractivity contribution < 1.29 is 0 Å². The van der Waals surface area contributed by atoms with Crippen LogP contribution in [0.4, 0.5) is 0 Å². The molecule has 1 aliphatic carbocycles. The first-order valence-corrected chi connectivity index (χ1v) is 9.16. The van der Waals surface area contributed by atoms with Crippen LogP contribution in [0.3, 0.4) is 0 Å². The first kappa shape index (κ1) is 15.8. The molecule has 21 heavy (non-hydrogen) atoms. The summed E-state index contributed by atoms with van der Waals surface area (Å²) in [6.45, 7) is 13.3. The molecule has 3 heteroatoms. The van der Waals surface area contributed by atoms with Gasteiger partial charge in [0.25, 0.3) is 0 Å². The third-order valence-electron chi connectivity index (χ3n) is 6.61. The second-order valence-electron chi connectivity index (χ2n) is 8.74. The highest BCUT2D eigenvalue weighted by Gasteiger charge is 2.52. The summed E-state index contributed by atoms with van der Waals surface area (Å²) in [5, 5.41) is 0. The Balaban J connectivity index is 1.69. The van der Waals surface area contributed by atoms with Crippen LogP contribution >= 0.6 is 0 Å². The summed E-state index contributed by atoms with van der Waals surface area (Å²) in [6.07, 6.45) is 8.21. The molecule has 0 aromatic carbocycles. The van der Waals surface area contributed by atoms with Gasteiger partial charge in [-0.3, -0.25) is 9.80 Å². The second kappa shape index (κ2) is 5.82. The minimum atomic E-state index is 0.272. The van der Waals surface area contributed by atoms with Crippen LogP contribution < -0.4 is 5.73 Å². The van der Waals surface area contributed by atoms with E-state index in [0.717, 1.165) is 18.5 Å². The maximum absolute atomic E-state index is 6.33. The van der Waals surface area contributed by atoms with Gasteiger partial charge in [-0.15, -0.1) is 0 Å². The van der Waals surface area contributed by atoms with Gasteiger partial charge in [0.05, 0.1) is 0 Å². The Bertz CT molecular complexity index is 361. The molecule has 122 valence electrons. The molecule has 1 saturated carbocycles. The Morgan fingerprint density at radius 2 is 1.81 bits per heavy atom. The fourth-order valence-electron chi connectivity index (χ4n) is 5.65. The SMILES string of the molecule is CC1CC(C)(C)CC1(CN)N1CCC(N2CCCCC2)C1. The van der Waals surface area contributed by atoms with E-state index in [4.69, 9.17) is 5.73 Å². The van der Waals surface area contributed by atoms with E-state index in [2.05, 4.69) is 30.6 Å². The van der Waals surface area contributed by atoms with Gasteiger partial charge >= 0.3 is 0 Å². The molecule has 3 rings (SSSR count). The lowest BCUT2D eigenvalue weighted by molar-refractivity contribution is 0.0698.